The molecule has 2 aromatic carbocycles. The zero-order chi connectivity index (χ0) is 13.5. The molecular formula is C17H16N2S. The lowest BCUT2D eigenvalue weighted by Crippen LogP contribution is -2.30. The van der Waals surface area contributed by atoms with Gasteiger partial charge in [-0.3, -0.25) is 0 Å². The molecule has 0 bridgehead atoms. The van der Waals surface area contributed by atoms with Crippen molar-refractivity contribution in [2.24, 2.45) is 0 Å². The standard InChI is InChI=1S/C17H16N2S/c1-19-9-13-4-2-3-5-14(13)15(10-19)12-6-7-17-16(8-12)18-11-20-17/h2-8,11,15H,9-10H2,1H3. The first-order valence-electron chi connectivity index (χ1n) is 6.91. The van der Waals surface area contributed by atoms with Gasteiger partial charge in [0.1, 0.15) is 0 Å². The summed E-state index contributed by atoms with van der Waals surface area (Å²) in [5.41, 5.74) is 7.35. The zero-order valence-electron chi connectivity index (χ0n) is 11.4. The summed E-state index contributed by atoms with van der Waals surface area (Å²) >= 11 is 1.71. The molecular weight excluding hydrogens is 264 g/mol. The molecule has 0 amide bonds. The molecule has 0 aliphatic carbocycles. The van der Waals surface area contributed by atoms with Gasteiger partial charge in [0.25, 0.3) is 0 Å². The fourth-order valence-corrected chi connectivity index (χ4v) is 3.82. The Kier molecular flexibility index (Phi) is 2.83. The maximum Gasteiger partial charge on any atom is 0.0814 e. The third-order valence-corrected chi connectivity index (χ3v) is 4.93. The molecule has 100 valence electrons. The molecule has 0 N–H and O–H groups in total. The highest BCUT2D eigenvalue weighted by Gasteiger charge is 2.24. The fourth-order valence-electron chi connectivity index (χ4n) is 3.16. The molecule has 1 unspecified atom stereocenters. The lowest BCUT2D eigenvalue weighted by atomic mass is 9.85. The van der Waals surface area contributed by atoms with E-state index in [2.05, 4.69) is 59.4 Å². The molecule has 2 nitrogen and oxygen atoms in total. The van der Waals surface area contributed by atoms with E-state index in [1.807, 2.05) is 5.51 Å². The van der Waals surface area contributed by atoms with Crippen molar-refractivity contribution in [2.75, 3.05) is 13.6 Å². The van der Waals surface area contributed by atoms with Gasteiger partial charge in [-0.25, -0.2) is 4.98 Å². The topological polar surface area (TPSA) is 16.1 Å². The molecule has 0 fully saturated rings. The van der Waals surface area contributed by atoms with Gasteiger partial charge < -0.3 is 4.90 Å². The summed E-state index contributed by atoms with van der Waals surface area (Å²) in [4.78, 5) is 6.86. The molecule has 3 heteroatoms. The van der Waals surface area contributed by atoms with Gasteiger partial charge in [-0.05, 0) is 35.9 Å². The van der Waals surface area contributed by atoms with Crippen LogP contribution in [0, 0.1) is 0 Å². The maximum atomic E-state index is 4.45. The Bertz CT molecular complexity index is 762. The first-order chi connectivity index (χ1) is 9.81. The second-order valence-electron chi connectivity index (χ2n) is 5.53. The van der Waals surface area contributed by atoms with Crippen molar-refractivity contribution < 1.29 is 0 Å². The van der Waals surface area contributed by atoms with Crippen LogP contribution >= 0.6 is 11.3 Å². The number of nitrogens with zero attached hydrogens (tertiary/aromatic N) is 2. The minimum atomic E-state index is 0.455. The Morgan fingerprint density at radius 2 is 2.10 bits per heavy atom. The minimum absolute atomic E-state index is 0.455. The Hall–Kier alpha value is -1.71. The van der Waals surface area contributed by atoms with Gasteiger partial charge in [-0.15, -0.1) is 11.3 Å². The number of hydrogen-bond donors (Lipinski definition) is 0. The number of benzene rings is 2. The SMILES string of the molecule is CN1Cc2ccccc2C(c2ccc3scnc3c2)C1. The summed E-state index contributed by atoms with van der Waals surface area (Å²) in [6.45, 7) is 2.12. The first-order valence-corrected chi connectivity index (χ1v) is 7.79. The van der Waals surface area contributed by atoms with Crippen molar-refractivity contribution in [3.63, 3.8) is 0 Å². The van der Waals surface area contributed by atoms with Crippen molar-refractivity contribution in [3.05, 3.63) is 64.7 Å². The van der Waals surface area contributed by atoms with Crippen molar-refractivity contribution in [3.8, 4) is 0 Å². The molecule has 4 rings (SSSR count). The van der Waals surface area contributed by atoms with Crippen LogP contribution in [-0.2, 0) is 6.54 Å². The van der Waals surface area contributed by atoms with E-state index in [9.17, 15) is 0 Å². The normalized spacial score (nSPS) is 19.1. The van der Waals surface area contributed by atoms with Crippen LogP contribution in [0.4, 0.5) is 0 Å². The van der Waals surface area contributed by atoms with E-state index in [0.717, 1.165) is 18.6 Å². The van der Waals surface area contributed by atoms with Crippen LogP contribution in [0.1, 0.15) is 22.6 Å². The van der Waals surface area contributed by atoms with E-state index >= 15 is 0 Å². The Labute approximate surface area is 122 Å². The maximum absolute atomic E-state index is 4.45. The Morgan fingerprint density at radius 3 is 3.05 bits per heavy atom. The molecule has 1 atom stereocenters. The third-order valence-electron chi connectivity index (χ3n) is 4.12. The van der Waals surface area contributed by atoms with E-state index in [1.165, 1.54) is 21.4 Å². The lowest BCUT2D eigenvalue weighted by molar-refractivity contribution is 0.295. The Morgan fingerprint density at radius 1 is 1.20 bits per heavy atom. The second kappa shape index (κ2) is 4.69. The van der Waals surface area contributed by atoms with Gasteiger partial charge in [0.05, 0.1) is 15.7 Å². The Balaban J connectivity index is 1.84. The number of rotatable bonds is 1. The summed E-state index contributed by atoms with van der Waals surface area (Å²) in [6.07, 6.45) is 0. The number of aromatic nitrogens is 1. The monoisotopic (exact) mass is 280 g/mol. The highest BCUT2D eigenvalue weighted by molar-refractivity contribution is 7.16. The molecule has 3 aromatic rings. The predicted molar refractivity (Wildman–Crippen MR) is 84.2 cm³/mol. The van der Waals surface area contributed by atoms with Crippen LogP contribution in [0.3, 0.4) is 0 Å². The van der Waals surface area contributed by atoms with Crippen molar-refractivity contribution >= 4 is 21.6 Å². The molecule has 1 aliphatic heterocycles. The molecule has 0 spiro atoms. The average Bonchev–Trinajstić information content (AvgIpc) is 2.93. The number of thiazole rings is 1. The largest absolute Gasteiger partial charge is 0.301 e. The zero-order valence-corrected chi connectivity index (χ0v) is 12.2. The highest BCUT2D eigenvalue weighted by Crippen LogP contribution is 2.34. The van der Waals surface area contributed by atoms with E-state index < -0.39 is 0 Å². The predicted octanol–water partition coefficient (Wildman–Crippen LogP) is 3.87. The van der Waals surface area contributed by atoms with Gasteiger partial charge in [-0.2, -0.15) is 0 Å². The quantitative estimate of drug-likeness (QED) is 0.672. The van der Waals surface area contributed by atoms with Gasteiger partial charge >= 0.3 is 0 Å². The minimum Gasteiger partial charge on any atom is -0.301 e. The van der Waals surface area contributed by atoms with Gasteiger partial charge in [0.15, 0.2) is 0 Å². The molecule has 1 aliphatic rings. The molecule has 0 saturated heterocycles. The van der Waals surface area contributed by atoms with Gasteiger partial charge in [0, 0.05) is 19.0 Å². The first kappa shape index (κ1) is 12.1. The van der Waals surface area contributed by atoms with Crippen molar-refractivity contribution in [2.45, 2.75) is 12.5 Å². The van der Waals surface area contributed by atoms with E-state index in [-0.39, 0.29) is 0 Å². The van der Waals surface area contributed by atoms with Crippen molar-refractivity contribution in [1.29, 1.82) is 0 Å². The average molecular weight is 280 g/mol. The molecule has 20 heavy (non-hydrogen) atoms. The second-order valence-corrected chi connectivity index (χ2v) is 6.41. The fraction of sp³-hybridized carbons (Fsp3) is 0.235. The van der Waals surface area contributed by atoms with Crippen LogP contribution < -0.4 is 0 Å². The molecule has 1 aromatic heterocycles. The van der Waals surface area contributed by atoms with Gasteiger partial charge in [0.2, 0.25) is 0 Å². The van der Waals surface area contributed by atoms with Crippen LogP contribution in [0.15, 0.2) is 48.0 Å². The smallest absolute Gasteiger partial charge is 0.0814 e. The highest BCUT2D eigenvalue weighted by atomic mass is 32.1. The van der Waals surface area contributed by atoms with Crippen LogP contribution in [0.2, 0.25) is 0 Å². The van der Waals surface area contributed by atoms with Crippen LogP contribution in [0.5, 0.6) is 0 Å². The molecule has 2 heterocycles. The van der Waals surface area contributed by atoms with E-state index in [1.54, 1.807) is 11.3 Å². The van der Waals surface area contributed by atoms with Gasteiger partial charge in [-0.1, -0.05) is 30.3 Å². The van der Waals surface area contributed by atoms with Crippen molar-refractivity contribution in [1.82, 2.24) is 9.88 Å². The third kappa shape index (κ3) is 1.94. The number of fused-ring (bicyclic) bond motifs is 2. The molecule has 0 radical (unpaired) electrons. The van der Waals surface area contributed by atoms with E-state index in [0.29, 0.717) is 5.92 Å². The summed E-state index contributed by atoms with van der Waals surface area (Å²) < 4.78 is 1.27. The van der Waals surface area contributed by atoms with Crippen LogP contribution in [0.25, 0.3) is 10.2 Å². The number of hydrogen-bond acceptors (Lipinski definition) is 3. The number of likely N-dealkylation sites (N-methyl/N-ethyl adjacent to an activating group) is 1. The summed E-state index contributed by atoms with van der Waals surface area (Å²) in [5, 5.41) is 0. The van der Waals surface area contributed by atoms with Crippen LogP contribution in [-0.4, -0.2) is 23.5 Å². The summed E-state index contributed by atoms with van der Waals surface area (Å²) in [7, 11) is 2.20. The summed E-state index contributed by atoms with van der Waals surface area (Å²) in [6, 6.07) is 15.5. The van der Waals surface area contributed by atoms with E-state index in [4.69, 9.17) is 0 Å². The lowest BCUT2D eigenvalue weighted by Gasteiger charge is -2.32. The molecule has 0 saturated carbocycles. The summed E-state index contributed by atoms with van der Waals surface area (Å²) in [5.74, 6) is 0.455.